The predicted octanol–water partition coefficient (Wildman–Crippen LogP) is 5.16. The maximum absolute atomic E-state index is 13.6. The highest BCUT2D eigenvalue weighted by Crippen LogP contribution is 2.45. The van der Waals surface area contributed by atoms with Gasteiger partial charge in [0.2, 0.25) is 0 Å². The van der Waals surface area contributed by atoms with E-state index in [1.165, 1.54) is 37.2 Å². The van der Waals surface area contributed by atoms with Crippen molar-refractivity contribution in [1.29, 1.82) is 5.26 Å². The summed E-state index contributed by atoms with van der Waals surface area (Å²) in [6, 6.07) is 14.6. The van der Waals surface area contributed by atoms with Gasteiger partial charge in [-0.15, -0.1) is 0 Å². The van der Waals surface area contributed by atoms with Crippen LogP contribution in [0.1, 0.15) is 60.8 Å². The summed E-state index contributed by atoms with van der Waals surface area (Å²) in [5, 5.41) is 9.24. The molecule has 0 N–H and O–H groups in total. The molecule has 1 atom stereocenters. The van der Waals surface area contributed by atoms with Crippen molar-refractivity contribution in [1.82, 2.24) is 4.90 Å². The summed E-state index contributed by atoms with van der Waals surface area (Å²) in [6.07, 6.45) is 6.40. The van der Waals surface area contributed by atoms with Crippen molar-refractivity contribution in [2.45, 2.75) is 50.7 Å². The van der Waals surface area contributed by atoms with Crippen LogP contribution in [0.3, 0.4) is 0 Å². The molecule has 30 heavy (non-hydrogen) atoms. The molecule has 2 heterocycles. The standard InChI is InChI=1S/C25H28FN3O/c1-29(24-6-3-2-4-14-28-24)15-5-13-25(21-8-10-22(26)11-9-21)23-12-7-19(17-27)16-20(23)18-30-25/h7-12,16H,2-6,13-15,18H2,1H3. The molecule has 0 saturated heterocycles. The summed E-state index contributed by atoms with van der Waals surface area (Å²) in [7, 11) is 2.12. The number of nitriles is 1. The van der Waals surface area contributed by atoms with Crippen LogP contribution >= 0.6 is 0 Å². The molecule has 0 radical (unpaired) electrons. The smallest absolute Gasteiger partial charge is 0.123 e. The molecule has 4 nitrogen and oxygen atoms in total. The Balaban J connectivity index is 1.57. The molecule has 2 aromatic carbocycles. The number of nitrogens with zero attached hydrogens (tertiary/aromatic N) is 3. The van der Waals surface area contributed by atoms with Crippen LogP contribution in [0.5, 0.6) is 0 Å². The fourth-order valence-electron chi connectivity index (χ4n) is 4.63. The Morgan fingerprint density at radius 2 is 2.00 bits per heavy atom. The van der Waals surface area contributed by atoms with Crippen LogP contribution in [-0.4, -0.2) is 30.9 Å². The molecule has 0 fully saturated rings. The van der Waals surface area contributed by atoms with Crippen LogP contribution in [0.4, 0.5) is 4.39 Å². The molecule has 0 saturated carbocycles. The highest BCUT2D eigenvalue weighted by Gasteiger charge is 2.41. The number of halogens is 1. The van der Waals surface area contributed by atoms with Gasteiger partial charge in [-0.25, -0.2) is 4.39 Å². The molecule has 2 aromatic rings. The number of amidine groups is 1. The van der Waals surface area contributed by atoms with Crippen molar-refractivity contribution in [2.24, 2.45) is 4.99 Å². The largest absolute Gasteiger partial charge is 0.363 e. The molecule has 4 rings (SSSR count). The van der Waals surface area contributed by atoms with Gasteiger partial charge in [0.1, 0.15) is 11.4 Å². The van der Waals surface area contributed by atoms with Gasteiger partial charge in [0.05, 0.1) is 24.1 Å². The number of aliphatic imine (C=N–C) groups is 1. The first-order chi connectivity index (χ1) is 14.6. The normalized spacial score (nSPS) is 20.8. The molecule has 0 amide bonds. The Labute approximate surface area is 178 Å². The molecule has 0 bridgehead atoms. The molecule has 5 heteroatoms. The van der Waals surface area contributed by atoms with Gasteiger partial charge >= 0.3 is 0 Å². The highest BCUT2D eigenvalue weighted by atomic mass is 19.1. The van der Waals surface area contributed by atoms with Crippen LogP contribution in [0.25, 0.3) is 0 Å². The lowest BCUT2D eigenvalue weighted by atomic mass is 9.81. The van der Waals surface area contributed by atoms with Gasteiger partial charge in [-0.2, -0.15) is 5.26 Å². The molecule has 156 valence electrons. The average Bonchev–Trinajstić information content (AvgIpc) is 2.93. The van der Waals surface area contributed by atoms with E-state index in [9.17, 15) is 9.65 Å². The third kappa shape index (κ3) is 4.11. The summed E-state index contributed by atoms with van der Waals surface area (Å²) in [6.45, 7) is 2.29. The number of fused-ring (bicyclic) bond motifs is 1. The van der Waals surface area contributed by atoms with Gasteiger partial charge < -0.3 is 9.64 Å². The third-order valence-corrected chi connectivity index (χ3v) is 6.27. The van der Waals surface area contributed by atoms with Crippen LogP contribution in [-0.2, 0) is 16.9 Å². The van der Waals surface area contributed by atoms with Crippen molar-refractivity contribution in [2.75, 3.05) is 20.1 Å². The van der Waals surface area contributed by atoms with Crippen LogP contribution in [0.15, 0.2) is 47.5 Å². The maximum atomic E-state index is 13.6. The Bertz CT molecular complexity index is 963. The topological polar surface area (TPSA) is 48.6 Å². The van der Waals surface area contributed by atoms with Crippen LogP contribution < -0.4 is 0 Å². The zero-order valence-corrected chi connectivity index (χ0v) is 17.5. The minimum absolute atomic E-state index is 0.252. The monoisotopic (exact) mass is 405 g/mol. The van der Waals surface area contributed by atoms with Gasteiger partial charge in [0, 0.05) is 26.6 Å². The average molecular weight is 406 g/mol. The number of hydrogen-bond acceptors (Lipinski definition) is 4. The first-order valence-corrected chi connectivity index (χ1v) is 10.8. The fourth-order valence-corrected chi connectivity index (χ4v) is 4.63. The lowest BCUT2D eigenvalue weighted by Gasteiger charge is -2.32. The van der Waals surface area contributed by atoms with E-state index in [1.54, 1.807) is 0 Å². The SMILES string of the molecule is CN(CCCC1(c2ccc(F)cc2)OCc2cc(C#N)ccc21)C1=NCCCCC1. The van der Waals surface area contributed by atoms with E-state index in [2.05, 4.69) is 18.0 Å². The first-order valence-electron chi connectivity index (χ1n) is 10.8. The molecule has 2 aliphatic heterocycles. The minimum atomic E-state index is -0.608. The second-order valence-electron chi connectivity index (χ2n) is 8.24. The minimum Gasteiger partial charge on any atom is -0.363 e. The van der Waals surface area contributed by atoms with E-state index in [0.717, 1.165) is 49.0 Å². The van der Waals surface area contributed by atoms with Crippen molar-refractivity contribution in [3.8, 4) is 6.07 Å². The van der Waals surface area contributed by atoms with E-state index in [-0.39, 0.29) is 5.82 Å². The van der Waals surface area contributed by atoms with E-state index in [4.69, 9.17) is 9.73 Å². The summed E-state index contributed by atoms with van der Waals surface area (Å²) in [5.41, 5.74) is 3.12. The van der Waals surface area contributed by atoms with Crippen LogP contribution in [0, 0.1) is 17.1 Å². The van der Waals surface area contributed by atoms with Gasteiger partial charge in [-0.05, 0) is 66.6 Å². The number of ether oxygens (including phenoxy) is 1. The van der Waals surface area contributed by atoms with E-state index >= 15 is 0 Å². The van der Waals surface area contributed by atoms with Crippen LogP contribution in [0.2, 0.25) is 0 Å². The van der Waals surface area contributed by atoms with Gasteiger partial charge in [-0.1, -0.05) is 24.6 Å². The Morgan fingerprint density at radius 1 is 1.17 bits per heavy atom. The van der Waals surface area contributed by atoms with Crippen molar-refractivity contribution < 1.29 is 9.13 Å². The lowest BCUT2D eigenvalue weighted by molar-refractivity contribution is -0.0136. The Kier molecular flexibility index (Phi) is 6.15. The third-order valence-electron chi connectivity index (χ3n) is 6.27. The molecular weight excluding hydrogens is 377 g/mol. The molecule has 2 aliphatic rings. The molecule has 0 aliphatic carbocycles. The van der Waals surface area contributed by atoms with E-state index in [0.29, 0.717) is 12.2 Å². The second kappa shape index (κ2) is 8.97. The van der Waals surface area contributed by atoms with Crippen molar-refractivity contribution in [3.63, 3.8) is 0 Å². The Morgan fingerprint density at radius 3 is 2.80 bits per heavy atom. The van der Waals surface area contributed by atoms with Gasteiger partial charge in [0.15, 0.2) is 0 Å². The maximum Gasteiger partial charge on any atom is 0.123 e. The van der Waals surface area contributed by atoms with Gasteiger partial charge in [-0.3, -0.25) is 4.99 Å². The highest BCUT2D eigenvalue weighted by molar-refractivity contribution is 5.82. The molecule has 1 unspecified atom stereocenters. The summed E-state index contributed by atoms with van der Waals surface area (Å²) in [5.74, 6) is 0.952. The van der Waals surface area contributed by atoms with Gasteiger partial charge in [0.25, 0.3) is 0 Å². The van der Waals surface area contributed by atoms with E-state index < -0.39 is 5.60 Å². The molecule has 0 aromatic heterocycles. The number of hydrogen-bond donors (Lipinski definition) is 0. The first kappa shape index (κ1) is 20.6. The zero-order valence-electron chi connectivity index (χ0n) is 17.5. The predicted molar refractivity (Wildman–Crippen MR) is 116 cm³/mol. The lowest BCUT2D eigenvalue weighted by Crippen LogP contribution is -2.31. The molecule has 0 spiro atoms. The van der Waals surface area contributed by atoms with Crippen molar-refractivity contribution in [3.05, 3.63) is 70.5 Å². The number of rotatable bonds is 5. The number of benzene rings is 2. The quantitative estimate of drug-likeness (QED) is 0.691. The fraction of sp³-hybridized carbons (Fsp3) is 0.440. The Hall–Kier alpha value is -2.71. The zero-order chi connectivity index (χ0) is 21.0. The molecular formula is C25H28FN3O. The summed E-state index contributed by atoms with van der Waals surface area (Å²) < 4.78 is 20.0. The van der Waals surface area contributed by atoms with E-state index in [1.807, 2.05) is 30.3 Å². The summed E-state index contributed by atoms with van der Waals surface area (Å²) in [4.78, 5) is 7.03. The van der Waals surface area contributed by atoms with Crippen molar-refractivity contribution >= 4 is 5.84 Å². The summed E-state index contributed by atoms with van der Waals surface area (Å²) >= 11 is 0. The second-order valence-corrected chi connectivity index (χ2v) is 8.24.